The van der Waals surface area contributed by atoms with Gasteiger partial charge in [-0.3, -0.25) is 0 Å². The summed E-state index contributed by atoms with van der Waals surface area (Å²) >= 11 is 0. The smallest absolute Gasteiger partial charge is 0.341 e. The van der Waals surface area contributed by atoms with Crippen LogP contribution in [-0.2, 0) is 11.2 Å². The minimum atomic E-state index is -0.687. The predicted molar refractivity (Wildman–Crippen MR) is 112 cm³/mol. The van der Waals surface area contributed by atoms with Crippen LogP contribution in [0.5, 0.6) is 0 Å². The first kappa shape index (κ1) is 20.2. The number of hydrogen-bond donors (Lipinski definition) is 1. The van der Waals surface area contributed by atoms with Crippen molar-refractivity contribution in [2.24, 2.45) is 0 Å². The summed E-state index contributed by atoms with van der Waals surface area (Å²) in [6.45, 7) is 7.56. The molecule has 0 aliphatic rings. The van der Waals surface area contributed by atoms with Crippen molar-refractivity contribution in [3.63, 3.8) is 0 Å². The third-order valence-corrected chi connectivity index (χ3v) is 4.32. The molecule has 0 radical (unpaired) electrons. The summed E-state index contributed by atoms with van der Waals surface area (Å²) in [5.41, 5.74) is 2.93. The lowest BCUT2D eigenvalue weighted by Gasteiger charge is -2.15. The first-order valence-electron chi connectivity index (χ1n) is 9.31. The van der Waals surface area contributed by atoms with Gasteiger partial charge in [0, 0.05) is 22.5 Å². The number of nitrogens with zero attached hydrogens (tertiary/aromatic N) is 2. The fraction of sp³-hybridized carbons (Fsp3) is 0.174. The van der Waals surface area contributed by atoms with Gasteiger partial charge in [-0.05, 0) is 38.5 Å². The van der Waals surface area contributed by atoms with Crippen molar-refractivity contribution in [3.8, 4) is 11.4 Å². The number of hydrogen-bond acceptors (Lipinski definition) is 5. The molecule has 1 heterocycles. The zero-order chi connectivity index (χ0) is 20.8. The number of rotatable bonds is 7. The molecule has 2 aromatic carbocycles. The van der Waals surface area contributed by atoms with Gasteiger partial charge >= 0.3 is 5.97 Å². The van der Waals surface area contributed by atoms with Crippen molar-refractivity contribution in [3.05, 3.63) is 83.8 Å². The second-order valence-electron chi connectivity index (χ2n) is 6.36. The number of esters is 1. The Labute approximate surface area is 169 Å². The zero-order valence-corrected chi connectivity index (χ0v) is 16.4. The van der Waals surface area contributed by atoms with Crippen LogP contribution in [0, 0.1) is 12.7 Å². The lowest BCUT2D eigenvalue weighted by Crippen LogP contribution is -2.08. The molecule has 0 bridgehead atoms. The molecular formula is C23H22FN3O2. The highest BCUT2D eigenvalue weighted by molar-refractivity contribution is 5.90. The molecule has 0 atom stereocenters. The van der Waals surface area contributed by atoms with Gasteiger partial charge in [-0.25, -0.2) is 19.2 Å². The van der Waals surface area contributed by atoms with Crippen LogP contribution in [0.25, 0.3) is 11.4 Å². The van der Waals surface area contributed by atoms with Crippen LogP contribution < -0.4 is 5.32 Å². The van der Waals surface area contributed by atoms with Crippen LogP contribution >= 0.6 is 0 Å². The summed E-state index contributed by atoms with van der Waals surface area (Å²) in [5, 5.41) is 3.16. The number of carbonyl (C=O) groups excluding carboxylic acids is 1. The standard InChI is InChI=1S/C23H22FN3O2/c1-4-9-18-15(3)25-21(16-10-7-6-8-11-16)27-22(18)26-17-12-13-19(20(24)14-17)23(28)29-5-2/h4,6-8,10-14H,1,5,9H2,2-3H3,(H,25,26,27). The molecule has 1 N–H and O–H groups in total. The molecule has 0 unspecified atom stereocenters. The third-order valence-electron chi connectivity index (χ3n) is 4.32. The molecule has 0 saturated heterocycles. The molecule has 29 heavy (non-hydrogen) atoms. The Kier molecular flexibility index (Phi) is 6.34. The van der Waals surface area contributed by atoms with Gasteiger partial charge in [-0.2, -0.15) is 0 Å². The number of ether oxygens (including phenoxy) is 1. The van der Waals surface area contributed by atoms with Crippen LogP contribution in [0.4, 0.5) is 15.9 Å². The maximum absolute atomic E-state index is 14.4. The topological polar surface area (TPSA) is 64.1 Å². The van der Waals surface area contributed by atoms with E-state index >= 15 is 0 Å². The van der Waals surface area contributed by atoms with Gasteiger partial charge in [-0.1, -0.05) is 36.4 Å². The summed E-state index contributed by atoms with van der Waals surface area (Å²) in [7, 11) is 0. The molecule has 5 nitrogen and oxygen atoms in total. The lowest BCUT2D eigenvalue weighted by molar-refractivity contribution is 0.0521. The quantitative estimate of drug-likeness (QED) is 0.441. The fourth-order valence-corrected chi connectivity index (χ4v) is 2.91. The van der Waals surface area contributed by atoms with E-state index in [-0.39, 0.29) is 12.2 Å². The Balaban J connectivity index is 1.99. The van der Waals surface area contributed by atoms with E-state index in [4.69, 9.17) is 4.74 Å². The number of nitrogens with one attached hydrogen (secondary N) is 1. The number of allylic oxidation sites excluding steroid dienone is 1. The van der Waals surface area contributed by atoms with Crippen LogP contribution in [0.1, 0.15) is 28.5 Å². The van der Waals surface area contributed by atoms with Gasteiger partial charge in [0.05, 0.1) is 12.2 Å². The number of benzene rings is 2. The van der Waals surface area contributed by atoms with E-state index in [1.807, 2.05) is 37.3 Å². The van der Waals surface area contributed by atoms with Crippen LogP contribution in [-0.4, -0.2) is 22.5 Å². The number of anilines is 2. The van der Waals surface area contributed by atoms with E-state index in [0.717, 1.165) is 16.8 Å². The van der Waals surface area contributed by atoms with Crippen molar-refractivity contribution < 1.29 is 13.9 Å². The van der Waals surface area contributed by atoms with Gasteiger partial charge in [0.25, 0.3) is 0 Å². The average molecular weight is 391 g/mol. The maximum Gasteiger partial charge on any atom is 0.341 e. The Morgan fingerprint density at radius 3 is 2.62 bits per heavy atom. The highest BCUT2D eigenvalue weighted by Crippen LogP contribution is 2.26. The van der Waals surface area contributed by atoms with Crippen molar-refractivity contribution in [2.45, 2.75) is 20.3 Å². The predicted octanol–water partition coefficient (Wildman–Crippen LogP) is 5.24. The molecule has 6 heteroatoms. The summed E-state index contributed by atoms with van der Waals surface area (Å²) in [6, 6.07) is 13.9. The van der Waals surface area contributed by atoms with Crippen molar-refractivity contribution in [1.82, 2.24) is 9.97 Å². The first-order valence-corrected chi connectivity index (χ1v) is 9.31. The Bertz CT molecular complexity index is 1040. The molecular weight excluding hydrogens is 369 g/mol. The Hall–Kier alpha value is -3.54. The van der Waals surface area contributed by atoms with Crippen LogP contribution in [0.15, 0.2) is 61.2 Å². The zero-order valence-electron chi connectivity index (χ0n) is 16.4. The average Bonchev–Trinajstić information content (AvgIpc) is 2.71. The summed E-state index contributed by atoms with van der Waals surface area (Å²) in [6.07, 6.45) is 2.33. The number of halogens is 1. The van der Waals surface area contributed by atoms with Crippen LogP contribution in [0.2, 0.25) is 0 Å². The van der Waals surface area contributed by atoms with E-state index in [0.29, 0.717) is 23.8 Å². The second-order valence-corrected chi connectivity index (χ2v) is 6.36. The van der Waals surface area contributed by atoms with E-state index in [1.165, 1.54) is 12.1 Å². The Morgan fingerprint density at radius 2 is 1.97 bits per heavy atom. The number of aryl methyl sites for hydroxylation is 1. The second kappa shape index (κ2) is 9.10. The molecule has 3 rings (SSSR count). The molecule has 0 amide bonds. The first-order chi connectivity index (χ1) is 14.0. The number of aromatic nitrogens is 2. The largest absolute Gasteiger partial charge is 0.462 e. The van der Waals surface area contributed by atoms with Crippen molar-refractivity contribution in [2.75, 3.05) is 11.9 Å². The van der Waals surface area contributed by atoms with Gasteiger partial charge in [0.15, 0.2) is 5.82 Å². The molecule has 3 aromatic rings. The van der Waals surface area contributed by atoms with Gasteiger partial charge in [-0.15, -0.1) is 6.58 Å². The maximum atomic E-state index is 14.4. The van der Waals surface area contributed by atoms with Crippen LogP contribution in [0.3, 0.4) is 0 Å². The normalized spacial score (nSPS) is 10.4. The third kappa shape index (κ3) is 4.66. The summed E-state index contributed by atoms with van der Waals surface area (Å²) < 4.78 is 19.3. The molecule has 0 saturated carbocycles. The Morgan fingerprint density at radius 1 is 1.21 bits per heavy atom. The lowest BCUT2D eigenvalue weighted by atomic mass is 10.1. The monoisotopic (exact) mass is 391 g/mol. The van der Waals surface area contributed by atoms with Gasteiger partial charge in [0.1, 0.15) is 11.6 Å². The van der Waals surface area contributed by atoms with Gasteiger partial charge < -0.3 is 10.1 Å². The summed E-state index contributed by atoms with van der Waals surface area (Å²) in [5.74, 6) is -0.206. The van der Waals surface area contributed by atoms with E-state index in [1.54, 1.807) is 19.1 Å². The van der Waals surface area contributed by atoms with E-state index in [2.05, 4.69) is 21.9 Å². The molecule has 0 aliphatic carbocycles. The summed E-state index contributed by atoms with van der Waals surface area (Å²) in [4.78, 5) is 21.1. The molecule has 1 aromatic heterocycles. The molecule has 0 aliphatic heterocycles. The highest BCUT2D eigenvalue weighted by atomic mass is 19.1. The fourth-order valence-electron chi connectivity index (χ4n) is 2.91. The SMILES string of the molecule is C=CCc1c(C)nc(-c2ccccc2)nc1Nc1ccc(C(=O)OCC)c(F)c1. The molecule has 148 valence electrons. The van der Waals surface area contributed by atoms with E-state index in [9.17, 15) is 9.18 Å². The molecule has 0 fully saturated rings. The molecule has 0 spiro atoms. The highest BCUT2D eigenvalue weighted by Gasteiger charge is 2.16. The minimum Gasteiger partial charge on any atom is -0.462 e. The van der Waals surface area contributed by atoms with Crippen molar-refractivity contribution >= 4 is 17.5 Å². The number of carbonyl (C=O) groups is 1. The van der Waals surface area contributed by atoms with Crippen molar-refractivity contribution in [1.29, 1.82) is 0 Å². The minimum absolute atomic E-state index is 0.104. The van der Waals surface area contributed by atoms with E-state index < -0.39 is 11.8 Å². The van der Waals surface area contributed by atoms with Gasteiger partial charge in [0.2, 0.25) is 0 Å².